The van der Waals surface area contributed by atoms with Gasteiger partial charge in [-0.25, -0.2) is 8.42 Å². The average molecular weight is 697 g/mol. The molecule has 0 aromatic heterocycles. The van der Waals surface area contributed by atoms with Crippen LogP contribution in [0.25, 0.3) is 0 Å². The van der Waals surface area contributed by atoms with Gasteiger partial charge in [-0.15, -0.1) is 0 Å². The lowest BCUT2D eigenvalue weighted by molar-refractivity contribution is -0.0351. The van der Waals surface area contributed by atoms with Crippen LogP contribution in [0.3, 0.4) is 0 Å². The summed E-state index contributed by atoms with van der Waals surface area (Å²) < 4.78 is 58.5. The summed E-state index contributed by atoms with van der Waals surface area (Å²) in [5, 5.41) is 10.7. The minimum Gasteiger partial charge on any atom is -0.494 e. The third-order valence-electron chi connectivity index (χ3n) is 9.54. The molecule has 268 valence electrons. The zero-order valence-electron chi connectivity index (χ0n) is 29.3. The van der Waals surface area contributed by atoms with Gasteiger partial charge in [-0.05, 0) is 80.6 Å². The van der Waals surface area contributed by atoms with Crippen LogP contribution in [-0.4, -0.2) is 96.9 Å². The van der Waals surface area contributed by atoms with E-state index >= 15 is 0 Å². The van der Waals surface area contributed by atoms with Gasteiger partial charge in [-0.3, -0.25) is 0 Å². The second-order valence-corrected chi connectivity index (χ2v) is 15.0. The molecule has 0 aliphatic carbocycles. The zero-order valence-corrected chi connectivity index (χ0v) is 30.1. The van der Waals surface area contributed by atoms with E-state index in [1.54, 1.807) is 38.5 Å². The summed E-state index contributed by atoms with van der Waals surface area (Å²) in [5.41, 5.74) is 3.94. The van der Waals surface area contributed by atoms with Gasteiger partial charge in [-0.2, -0.15) is 4.31 Å². The molecule has 49 heavy (non-hydrogen) atoms. The number of hydrogen-bond acceptors (Lipinski definition) is 9. The van der Waals surface area contributed by atoms with Crippen LogP contribution in [-0.2, 0) is 30.8 Å². The van der Waals surface area contributed by atoms with Crippen LogP contribution >= 0.6 is 0 Å². The maximum atomic E-state index is 13.9. The summed E-state index contributed by atoms with van der Waals surface area (Å²) in [7, 11) is -0.397. The number of fused-ring (bicyclic) bond motifs is 1. The van der Waals surface area contributed by atoms with Gasteiger partial charge in [0.15, 0.2) is 0 Å². The Kier molecular flexibility index (Phi) is 13.4. The number of methoxy groups -OCH3 is 2. The summed E-state index contributed by atoms with van der Waals surface area (Å²) >= 11 is 0. The third kappa shape index (κ3) is 9.53. The highest BCUT2D eigenvalue weighted by atomic mass is 32.2. The van der Waals surface area contributed by atoms with E-state index in [1.807, 2.05) is 50.2 Å². The first kappa shape index (κ1) is 37.1. The highest BCUT2D eigenvalue weighted by Gasteiger charge is 2.42. The van der Waals surface area contributed by atoms with Gasteiger partial charge in [0.2, 0.25) is 10.0 Å². The smallest absolute Gasteiger partial charge is 0.243 e. The van der Waals surface area contributed by atoms with Gasteiger partial charge in [0.1, 0.15) is 18.1 Å². The molecule has 0 radical (unpaired) electrons. The minimum absolute atomic E-state index is 0.157. The largest absolute Gasteiger partial charge is 0.494 e. The predicted octanol–water partition coefficient (Wildman–Crippen LogP) is 5.41. The van der Waals surface area contributed by atoms with Crippen molar-refractivity contribution in [2.45, 2.75) is 62.7 Å². The van der Waals surface area contributed by atoms with Crippen LogP contribution in [0.5, 0.6) is 11.5 Å². The van der Waals surface area contributed by atoms with Gasteiger partial charge in [0.05, 0.1) is 42.5 Å². The van der Waals surface area contributed by atoms with Gasteiger partial charge in [0, 0.05) is 58.9 Å². The molecular weight excluding hydrogens is 644 g/mol. The Morgan fingerprint density at radius 2 is 1.76 bits per heavy atom. The van der Waals surface area contributed by atoms with Crippen LogP contribution in [0.2, 0.25) is 0 Å². The molecule has 3 aromatic carbocycles. The molecule has 1 N–H and O–H groups in total. The van der Waals surface area contributed by atoms with E-state index in [-0.39, 0.29) is 49.1 Å². The highest BCUT2D eigenvalue weighted by Crippen LogP contribution is 2.39. The first-order valence-electron chi connectivity index (χ1n) is 17.3. The molecule has 11 heteroatoms. The number of ether oxygens (including phenoxy) is 5. The van der Waals surface area contributed by atoms with Crippen LogP contribution in [0.1, 0.15) is 48.8 Å². The molecule has 2 aliphatic heterocycles. The Labute approximate surface area is 291 Å². The monoisotopic (exact) mass is 696 g/mol. The Bertz CT molecular complexity index is 1570. The highest BCUT2D eigenvalue weighted by molar-refractivity contribution is 7.89. The Hall–Kier alpha value is -3.19. The Morgan fingerprint density at radius 1 is 0.980 bits per heavy atom. The lowest BCUT2D eigenvalue weighted by Crippen LogP contribution is -2.52. The van der Waals surface area contributed by atoms with Crippen LogP contribution < -0.4 is 14.4 Å². The van der Waals surface area contributed by atoms with Crippen molar-refractivity contribution in [1.82, 2.24) is 4.31 Å². The number of aryl methyl sites for hydroxylation is 1. The first-order chi connectivity index (χ1) is 23.7. The molecule has 0 amide bonds. The third-order valence-corrected chi connectivity index (χ3v) is 11.4. The summed E-state index contributed by atoms with van der Waals surface area (Å²) in [6.07, 6.45) is 2.38. The lowest BCUT2D eigenvalue weighted by Gasteiger charge is -2.42. The van der Waals surface area contributed by atoms with Crippen molar-refractivity contribution in [1.29, 1.82) is 0 Å². The summed E-state index contributed by atoms with van der Waals surface area (Å²) in [5.74, 6) is 0.985. The summed E-state index contributed by atoms with van der Waals surface area (Å²) in [6.45, 7) is 7.95. The molecular formula is C38H52N2O8S. The van der Waals surface area contributed by atoms with Gasteiger partial charge < -0.3 is 33.7 Å². The number of aliphatic hydroxyl groups is 1. The molecule has 4 atom stereocenters. The van der Waals surface area contributed by atoms with Crippen LogP contribution in [0.4, 0.5) is 5.69 Å². The molecule has 1 unspecified atom stereocenters. The molecule has 2 heterocycles. The fraction of sp³-hybridized carbons (Fsp3) is 0.526. The number of sulfonamides is 1. The van der Waals surface area contributed by atoms with Gasteiger partial charge in [0.25, 0.3) is 0 Å². The second kappa shape index (κ2) is 17.6. The maximum absolute atomic E-state index is 13.9. The van der Waals surface area contributed by atoms with Crippen molar-refractivity contribution in [2.75, 3.05) is 71.7 Å². The average Bonchev–Trinajstić information content (AvgIpc) is 3.12. The lowest BCUT2D eigenvalue weighted by atomic mass is 9.79. The van der Waals surface area contributed by atoms with E-state index < -0.39 is 16.1 Å². The van der Waals surface area contributed by atoms with Gasteiger partial charge >= 0.3 is 0 Å². The van der Waals surface area contributed by atoms with E-state index in [0.717, 1.165) is 66.2 Å². The standard InChI is InChI=1S/C38H52N2O8S/c1-28-8-15-34(16-9-28)49(42,43)40-24-32(26-41)38(31-11-13-33(14-12-31)46-21-5-7-29(2)45-4)37(25-40)48-27-30-10-17-36-35(23-30)39(19-22-47-36)18-6-20-44-3/h8-17,23,29,32,37-38,41H,5-7,18-22,24-27H2,1-4H3/t29?,32-,37-,38-/m0/s1. The maximum Gasteiger partial charge on any atom is 0.243 e. The zero-order chi connectivity index (χ0) is 34.8. The predicted molar refractivity (Wildman–Crippen MR) is 190 cm³/mol. The van der Waals surface area contributed by atoms with Crippen LogP contribution in [0.15, 0.2) is 71.6 Å². The fourth-order valence-corrected chi connectivity index (χ4v) is 8.15. The van der Waals surface area contributed by atoms with Crippen molar-refractivity contribution in [3.05, 3.63) is 83.4 Å². The molecule has 10 nitrogen and oxygen atoms in total. The van der Waals surface area contributed by atoms with E-state index in [9.17, 15) is 13.5 Å². The van der Waals surface area contributed by atoms with Crippen molar-refractivity contribution in [3.8, 4) is 11.5 Å². The van der Waals surface area contributed by atoms with Crippen molar-refractivity contribution in [2.24, 2.45) is 5.92 Å². The molecule has 1 fully saturated rings. The number of anilines is 1. The Morgan fingerprint density at radius 3 is 2.47 bits per heavy atom. The number of nitrogens with zero attached hydrogens (tertiary/aromatic N) is 2. The van der Waals surface area contributed by atoms with E-state index in [4.69, 9.17) is 23.7 Å². The number of rotatable bonds is 17. The molecule has 2 aliphatic rings. The minimum atomic E-state index is -3.82. The van der Waals surface area contributed by atoms with Crippen LogP contribution in [0, 0.1) is 12.8 Å². The molecule has 0 spiro atoms. The van der Waals surface area contributed by atoms with Crippen molar-refractivity contribution >= 4 is 15.7 Å². The normalized spacial score (nSPS) is 20.4. The summed E-state index contributed by atoms with van der Waals surface area (Å²) in [6, 6.07) is 20.9. The second-order valence-electron chi connectivity index (χ2n) is 13.0. The first-order valence-corrected chi connectivity index (χ1v) is 18.7. The molecule has 0 bridgehead atoms. The van der Waals surface area contributed by atoms with E-state index in [0.29, 0.717) is 19.8 Å². The van der Waals surface area contributed by atoms with Crippen molar-refractivity contribution < 1.29 is 37.2 Å². The number of hydrogen-bond donors (Lipinski definition) is 1. The van der Waals surface area contributed by atoms with Crippen molar-refractivity contribution in [3.63, 3.8) is 0 Å². The molecule has 0 saturated carbocycles. The number of aliphatic hydroxyl groups excluding tert-OH is 1. The van der Waals surface area contributed by atoms with Gasteiger partial charge in [-0.1, -0.05) is 35.9 Å². The Balaban J connectivity index is 1.37. The fourth-order valence-electron chi connectivity index (χ4n) is 6.65. The van der Waals surface area contributed by atoms with E-state index in [2.05, 4.69) is 11.0 Å². The molecule has 1 saturated heterocycles. The summed E-state index contributed by atoms with van der Waals surface area (Å²) in [4.78, 5) is 2.54. The van der Waals surface area contributed by atoms with E-state index in [1.165, 1.54) is 4.31 Å². The quantitative estimate of drug-likeness (QED) is 0.186. The number of benzene rings is 3. The molecule has 5 rings (SSSR count). The number of piperidine rings is 1. The topological polar surface area (TPSA) is 107 Å². The SMILES string of the molecule is COCCCN1CCOc2ccc(CO[C@H]3CN(S(=O)(=O)c4ccc(C)cc4)C[C@@H](CO)[C@@H]3c3ccc(OCCCC(C)OC)cc3)cc21. The molecule has 3 aromatic rings.